The molecule has 1 saturated carbocycles. The summed E-state index contributed by atoms with van der Waals surface area (Å²) in [4.78, 5) is 24.6. The zero-order valence-corrected chi connectivity index (χ0v) is 18.0. The molecule has 7 nitrogen and oxygen atoms in total. The van der Waals surface area contributed by atoms with E-state index in [0.29, 0.717) is 16.1 Å². The first-order valence-electron chi connectivity index (χ1n) is 9.48. The van der Waals surface area contributed by atoms with Gasteiger partial charge in [-0.2, -0.15) is 4.31 Å². The minimum Gasteiger partial charge on any atom is -0.462 e. The van der Waals surface area contributed by atoms with Crippen molar-refractivity contribution >= 4 is 38.2 Å². The van der Waals surface area contributed by atoms with E-state index in [9.17, 15) is 18.0 Å². The van der Waals surface area contributed by atoms with Crippen LogP contribution in [-0.4, -0.2) is 44.3 Å². The van der Waals surface area contributed by atoms with Crippen molar-refractivity contribution in [2.24, 2.45) is 0 Å². The molecule has 1 amide bonds. The molecule has 1 aliphatic carbocycles. The summed E-state index contributed by atoms with van der Waals surface area (Å²) < 4.78 is 32.0. The summed E-state index contributed by atoms with van der Waals surface area (Å²) in [5.74, 6) is -0.925. The molecule has 1 aromatic carbocycles. The number of hydrogen-bond acceptors (Lipinski definition) is 6. The highest BCUT2D eigenvalue weighted by molar-refractivity contribution is 7.89. The van der Waals surface area contributed by atoms with Gasteiger partial charge < -0.3 is 10.1 Å². The average molecular weight is 437 g/mol. The Kier molecular flexibility index (Phi) is 6.71. The minimum atomic E-state index is -3.60. The monoisotopic (exact) mass is 436 g/mol. The number of nitrogens with zero attached hydrogens (tertiary/aromatic N) is 1. The van der Waals surface area contributed by atoms with Crippen LogP contribution < -0.4 is 5.32 Å². The van der Waals surface area contributed by atoms with Crippen LogP contribution in [0.5, 0.6) is 0 Å². The molecule has 156 valence electrons. The van der Waals surface area contributed by atoms with Crippen LogP contribution in [0.25, 0.3) is 0 Å². The van der Waals surface area contributed by atoms with E-state index in [-0.39, 0.29) is 17.5 Å². The van der Waals surface area contributed by atoms with Crippen molar-refractivity contribution in [2.75, 3.05) is 19.0 Å². The summed E-state index contributed by atoms with van der Waals surface area (Å²) in [7, 11) is -1.99. The third-order valence-electron chi connectivity index (χ3n) is 5.02. The molecule has 1 fully saturated rings. The Balaban J connectivity index is 1.72. The van der Waals surface area contributed by atoms with E-state index in [2.05, 4.69) is 5.32 Å². The van der Waals surface area contributed by atoms with Crippen LogP contribution >= 0.6 is 11.3 Å². The topological polar surface area (TPSA) is 92.8 Å². The number of anilines is 1. The fourth-order valence-corrected chi connectivity index (χ4v) is 5.55. The van der Waals surface area contributed by atoms with E-state index >= 15 is 0 Å². The van der Waals surface area contributed by atoms with Gasteiger partial charge in [-0.3, -0.25) is 4.79 Å². The molecular weight excluding hydrogens is 412 g/mol. The van der Waals surface area contributed by atoms with Gasteiger partial charge in [-0.15, -0.1) is 11.3 Å². The molecule has 1 aliphatic rings. The van der Waals surface area contributed by atoms with Crippen molar-refractivity contribution in [3.8, 4) is 0 Å². The number of rotatable bonds is 7. The smallest absolute Gasteiger partial charge is 0.341 e. The Morgan fingerprint density at radius 2 is 1.83 bits per heavy atom. The van der Waals surface area contributed by atoms with Gasteiger partial charge in [0.2, 0.25) is 10.0 Å². The molecule has 3 rings (SSSR count). The standard InChI is InChI=1S/C20H24N2O5S2/c1-3-27-20(24)17-12-13-28-19(17)21-18(23)14-8-10-16(11-9-14)29(25,26)22(2)15-6-4-5-7-15/h8-13,15H,3-7H2,1-2H3,(H,21,23). The van der Waals surface area contributed by atoms with E-state index in [0.717, 1.165) is 25.7 Å². The van der Waals surface area contributed by atoms with E-state index in [1.807, 2.05) is 0 Å². The molecular formula is C20H24N2O5S2. The van der Waals surface area contributed by atoms with Crippen LogP contribution in [0, 0.1) is 0 Å². The number of thiophene rings is 1. The van der Waals surface area contributed by atoms with Gasteiger partial charge in [0.1, 0.15) is 5.00 Å². The lowest BCUT2D eigenvalue weighted by Gasteiger charge is -2.23. The van der Waals surface area contributed by atoms with Crippen molar-refractivity contribution in [1.29, 1.82) is 0 Å². The zero-order chi connectivity index (χ0) is 21.0. The molecule has 0 radical (unpaired) electrons. The van der Waals surface area contributed by atoms with Gasteiger partial charge in [0, 0.05) is 18.7 Å². The maximum atomic E-state index is 12.8. The maximum absolute atomic E-state index is 12.8. The number of carbonyl (C=O) groups is 2. The van der Waals surface area contributed by atoms with E-state index < -0.39 is 21.9 Å². The quantitative estimate of drug-likeness (QED) is 0.668. The summed E-state index contributed by atoms with van der Waals surface area (Å²) in [5, 5.41) is 4.78. The number of benzene rings is 1. The van der Waals surface area contributed by atoms with Crippen molar-refractivity contribution in [3.05, 3.63) is 46.8 Å². The second-order valence-corrected chi connectivity index (χ2v) is 9.74. The van der Waals surface area contributed by atoms with Crippen molar-refractivity contribution in [3.63, 3.8) is 0 Å². The fourth-order valence-electron chi connectivity index (χ4n) is 3.36. The third kappa shape index (κ3) is 4.68. The number of carbonyl (C=O) groups excluding carboxylic acids is 2. The highest BCUT2D eigenvalue weighted by Crippen LogP contribution is 2.28. The van der Waals surface area contributed by atoms with Crippen molar-refractivity contribution < 1.29 is 22.7 Å². The molecule has 0 spiro atoms. The van der Waals surface area contributed by atoms with Crippen LogP contribution in [-0.2, 0) is 14.8 Å². The molecule has 9 heteroatoms. The number of amides is 1. The molecule has 1 N–H and O–H groups in total. The molecule has 0 unspecified atom stereocenters. The Morgan fingerprint density at radius 1 is 1.17 bits per heavy atom. The Labute approximate surface area is 174 Å². The number of ether oxygens (including phenoxy) is 1. The first-order chi connectivity index (χ1) is 13.8. The number of sulfonamides is 1. The van der Waals surface area contributed by atoms with Gasteiger partial charge in [-0.05, 0) is 55.5 Å². The fraction of sp³-hybridized carbons (Fsp3) is 0.400. The van der Waals surface area contributed by atoms with Crippen molar-refractivity contribution in [2.45, 2.75) is 43.5 Å². The molecule has 0 saturated heterocycles. The summed E-state index contributed by atoms with van der Waals surface area (Å²) in [6.07, 6.45) is 3.83. The van der Waals surface area contributed by atoms with Gasteiger partial charge in [0.25, 0.3) is 5.91 Å². The van der Waals surface area contributed by atoms with Crippen LogP contribution in [0.3, 0.4) is 0 Å². The van der Waals surface area contributed by atoms with E-state index in [4.69, 9.17) is 4.74 Å². The Bertz CT molecular complexity index is 977. The van der Waals surface area contributed by atoms with Crippen molar-refractivity contribution in [1.82, 2.24) is 4.31 Å². The number of nitrogens with one attached hydrogen (secondary N) is 1. The summed E-state index contributed by atoms with van der Waals surface area (Å²) in [6, 6.07) is 7.45. The van der Waals surface area contributed by atoms with Crippen LogP contribution in [0.4, 0.5) is 5.00 Å². The normalized spacial score (nSPS) is 14.9. The predicted octanol–water partition coefficient (Wildman–Crippen LogP) is 3.74. The summed E-state index contributed by atoms with van der Waals surface area (Å²) in [6.45, 7) is 1.95. The zero-order valence-electron chi connectivity index (χ0n) is 16.4. The molecule has 0 aliphatic heterocycles. The Hall–Kier alpha value is -2.23. The lowest BCUT2D eigenvalue weighted by Crippen LogP contribution is -2.35. The van der Waals surface area contributed by atoms with Gasteiger partial charge in [-0.1, -0.05) is 12.8 Å². The van der Waals surface area contributed by atoms with E-state index in [1.165, 1.54) is 39.9 Å². The largest absolute Gasteiger partial charge is 0.462 e. The second kappa shape index (κ2) is 9.06. The lowest BCUT2D eigenvalue weighted by atomic mass is 10.2. The average Bonchev–Trinajstić information content (AvgIpc) is 3.39. The van der Waals surface area contributed by atoms with Crippen LogP contribution in [0.2, 0.25) is 0 Å². The van der Waals surface area contributed by atoms with Gasteiger partial charge in [0.15, 0.2) is 0 Å². The van der Waals surface area contributed by atoms with Crippen LogP contribution in [0.1, 0.15) is 53.3 Å². The summed E-state index contributed by atoms with van der Waals surface area (Å²) >= 11 is 1.22. The van der Waals surface area contributed by atoms with Gasteiger partial charge in [-0.25, -0.2) is 13.2 Å². The summed E-state index contributed by atoms with van der Waals surface area (Å²) in [5.41, 5.74) is 0.596. The second-order valence-electron chi connectivity index (χ2n) is 6.82. The van der Waals surface area contributed by atoms with Crippen LogP contribution in [0.15, 0.2) is 40.6 Å². The van der Waals surface area contributed by atoms with E-state index in [1.54, 1.807) is 25.4 Å². The minimum absolute atomic E-state index is 0.0306. The van der Waals surface area contributed by atoms with Gasteiger partial charge in [0.05, 0.1) is 17.1 Å². The molecule has 0 atom stereocenters. The first kappa shape index (κ1) is 21.5. The predicted molar refractivity (Wildman–Crippen MR) is 112 cm³/mol. The third-order valence-corrected chi connectivity index (χ3v) is 7.77. The number of hydrogen-bond donors (Lipinski definition) is 1. The lowest BCUT2D eigenvalue weighted by molar-refractivity contribution is 0.0528. The maximum Gasteiger partial charge on any atom is 0.341 e. The molecule has 1 aromatic heterocycles. The molecule has 29 heavy (non-hydrogen) atoms. The molecule has 0 bridgehead atoms. The Morgan fingerprint density at radius 3 is 2.45 bits per heavy atom. The number of esters is 1. The molecule has 2 aromatic rings. The SMILES string of the molecule is CCOC(=O)c1ccsc1NC(=O)c1ccc(S(=O)(=O)N(C)C2CCCC2)cc1. The van der Waals surface area contributed by atoms with Gasteiger partial charge >= 0.3 is 5.97 Å². The molecule has 1 heterocycles. The highest BCUT2D eigenvalue weighted by atomic mass is 32.2. The highest BCUT2D eigenvalue weighted by Gasteiger charge is 2.30. The first-order valence-corrected chi connectivity index (χ1v) is 11.8.